The number of halogens is 1. The predicted octanol–water partition coefficient (Wildman–Crippen LogP) is 5.47. The number of hydrogen-bond acceptors (Lipinski definition) is 2. The summed E-state index contributed by atoms with van der Waals surface area (Å²) in [7, 11) is 0. The fraction of sp³-hybridized carbons (Fsp3) is 0.278. The largest absolute Gasteiger partial charge is 0.378 e. The Labute approximate surface area is 136 Å². The lowest BCUT2D eigenvalue weighted by atomic mass is 9.75. The summed E-state index contributed by atoms with van der Waals surface area (Å²) in [5.74, 6) is 0. The van der Waals surface area contributed by atoms with Gasteiger partial charge in [0, 0.05) is 16.1 Å². The van der Waals surface area contributed by atoms with Gasteiger partial charge in [-0.1, -0.05) is 55.9 Å². The van der Waals surface area contributed by atoms with Crippen LogP contribution in [0.5, 0.6) is 0 Å². The molecule has 0 aliphatic carbocycles. The van der Waals surface area contributed by atoms with Crippen LogP contribution in [0, 0.1) is 0 Å². The van der Waals surface area contributed by atoms with Crippen LogP contribution in [-0.2, 0) is 5.41 Å². The molecule has 1 N–H and O–H groups in total. The van der Waals surface area contributed by atoms with E-state index in [1.807, 2.05) is 23.6 Å². The first-order valence-electron chi connectivity index (χ1n) is 7.12. The number of fused-ring (bicyclic) bond motifs is 1. The molecule has 1 aliphatic rings. The molecule has 2 aromatic rings. The summed E-state index contributed by atoms with van der Waals surface area (Å²) < 4.78 is 0. The molecule has 2 aromatic carbocycles. The SMILES string of the molecule is CC1(C)CC(C=S)Nc2ccc(-c3cccc(Cl)c3)cc21. The quantitative estimate of drug-likeness (QED) is 0.738. The molecule has 0 amide bonds. The first-order chi connectivity index (χ1) is 9.99. The summed E-state index contributed by atoms with van der Waals surface area (Å²) in [6.07, 6.45) is 1.02. The van der Waals surface area contributed by atoms with Crippen molar-refractivity contribution in [2.45, 2.75) is 31.7 Å². The maximum absolute atomic E-state index is 6.10. The van der Waals surface area contributed by atoms with E-state index in [0.717, 1.165) is 17.0 Å². The van der Waals surface area contributed by atoms with Crippen molar-refractivity contribution in [1.82, 2.24) is 0 Å². The first kappa shape index (κ1) is 14.6. The number of anilines is 1. The van der Waals surface area contributed by atoms with Crippen molar-refractivity contribution in [3.63, 3.8) is 0 Å². The summed E-state index contributed by atoms with van der Waals surface area (Å²) in [4.78, 5) is 0. The molecule has 0 saturated heterocycles. The molecule has 1 nitrogen and oxygen atoms in total. The molecule has 0 radical (unpaired) electrons. The summed E-state index contributed by atoms with van der Waals surface area (Å²) in [5, 5.41) is 6.10. The van der Waals surface area contributed by atoms with Crippen molar-refractivity contribution in [2.75, 3.05) is 5.32 Å². The molecule has 1 atom stereocenters. The lowest BCUT2D eigenvalue weighted by molar-refractivity contribution is 0.463. The van der Waals surface area contributed by atoms with Crippen LogP contribution in [0.2, 0.25) is 5.02 Å². The van der Waals surface area contributed by atoms with E-state index in [0.29, 0.717) is 0 Å². The van der Waals surface area contributed by atoms with E-state index in [9.17, 15) is 0 Å². The minimum atomic E-state index is 0.106. The zero-order chi connectivity index (χ0) is 15.0. The average molecular weight is 316 g/mol. The van der Waals surface area contributed by atoms with E-state index in [1.165, 1.54) is 16.8 Å². The van der Waals surface area contributed by atoms with Gasteiger partial charge in [0.1, 0.15) is 0 Å². The van der Waals surface area contributed by atoms with Crippen molar-refractivity contribution in [2.24, 2.45) is 0 Å². The molecule has 3 rings (SSSR count). The second-order valence-electron chi connectivity index (χ2n) is 6.25. The molecule has 0 spiro atoms. The van der Waals surface area contributed by atoms with Crippen LogP contribution in [0.15, 0.2) is 42.5 Å². The number of nitrogens with one attached hydrogen (secondary N) is 1. The van der Waals surface area contributed by atoms with Gasteiger partial charge in [-0.3, -0.25) is 0 Å². The fourth-order valence-corrected chi connectivity index (χ4v) is 3.42. The summed E-state index contributed by atoms with van der Waals surface area (Å²) in [6.45, 7) is 4.56. The van der Waals surface area contributed by atoms with Crippen LogP contribution in [0.3, 0.4) is 0 Å². The van der Waals surface area contributed by atoms with Gasteiger partial charge in [-0.05, 0) is 52.8 Å². The Morgan fingerprint density at radius 1 is 1.19 bits per heavy atom. The van der Waals surface area contributed by atoms with Crippen LogP contribution in [0.4, 0.5) is 5.69 Å². The molecular weight excluding hydrogens is 298 g/mol. The van der Waals surface area contributed by atoms with Gasteiger partial charge in [0.15, 0.2) is 0 Å². The number of rotatable bonds is 2. The lowest BCUT2D eigenvalue weighted by Gasteiger charge is -2.37. The molecule has 0 bridgehead atoms. The second kappa shape index (κ2) is 5.43. The zero-order valence-corrected chi connectivity index (χ0v) is 13.8. The monoisotopic (exact) mass is 315 g/mol. The van der Waals surface area contributed by atoms with Crippen LogP contribution in [0.1, 0.15) is 25.8 Å². The highest BCUT2D eigenvalue weighted by atomic mass is 35.5. The van der Waals surface area contributed by atoms with Crippen molar-refractivity contribution < 1.29 is 0 Å². The molecule has 0 aromatic heterocycles. The van der Waals surface area contributed by atoms with Crippen molar-refractivity contribution in [3.8, 4) is 11.1 Å². The highest BCUT2D eigenvalue weighted by Gasteiger charge is 2.31. The molecule has 108 valence electrons. The van der Waals surface area contributed by atoms with Crippen molar-refractivity contribution in [1.29, 1.82) is 0 Å². The molecule has 0 fully saturated rings. The van der Waals surface area contributed by atoms with E-state index in [1.54, 1.807) is 0 Å². The third-order valence-electron chi connectivity index (χ3n) is 4.14. The maximum Gasteiger partial charge on any atom is 0.0555 e. The van der Waals surface area contributed by atoms with Gasteiger partial charge in [-0.15, -0.1) is 0 Å². The van der Waals surface area contributed by atoms with Crippen LogP contribution in [-0.4, -0.2) is 11.4 Å². The van der Waals surface area contributed by atoms with Crippen molar-refractivity contribution >= 4 is 34.9 Å². The molecule has 1 heterocycles. The molecule has 1 unspecified atom stereocenters. The standard InChI is InChI=1S/C18H18ClNS/c1-18(2)10-15(11-21)20-17-7-6-13(9-16(17)18)12-4-3-5-14(19)8-12/h3-9,11,15,20H,10H2,1-2H3. The van der Waals surface area contributed by atoms with Gasteiger partial charge < -0.3 is 5.32 Å². The third-order valence-corrected chi connectivity index (χ3v) is 4.71. The van der Waals surface area contributed by atoms with E-state index in [2.05, 4.69) is 43.4 Å². The number of hydrogen-bond donors (Lipinski definition) is 1. The Hall–Kier alpha value is -1.38. The molecular formula is C18H18ClNS. The minimum absolute atomic E-state index is 0.106. The highest BCUT2D eigenvalue weighted by molar-refractivity contribution is 7.79. The average Bonchev–Trinajstić information content (AvgIpc) is 2.46. The Kier molecular flexibility index (Phi) is 3.76. The van der Waals surface area contributed by atoms with Crippen molar-refractivity contribution in [3.05, 3.63) is 53.1 Å². The lowest BCUT2D eigenvalue weighted by Crippen LogP contribution is -2.36. The highest BCUT2D eigenvalue weighted by Crippen LogP contribution is 2.40. The van der Waals surface area contributed by atoms with Gasteiger partial charge in [0.2, 0.25) is 0 Å². The smallest absolute Gasteiger partial charge is 0.0555 e. The summed E-state index contributed by atoms with van der Waals surface area (Å²) in [6, 6.07) is 14.8. The number of benzene rings is 2. The van der Waals surface area contributed by atoms with E-state index >= 15 is 0 Å². The van der Waals surface area contributed by atoms with E-state index in [-0.39, 0.29) is 11.5 Å². The summed E-state index contributed by atoms with van der Waals surface area (Å²) >= 11 is 11.2. The third kappa shape index (κ3) is 2.83. The first-order valence-corrected chi connectivity index (χ1v) is 7.97. The van der Waals surface area contributed by atoms with Gasteiger partial charge in [-0.25, -0.2) is 0 Å². The van der Waals surface area contributed by atoms with E-state index < -0.39 is 0 Å². The molecule has 1 aliphatic heterocycles. The van der Waals surface area contributed by atoms with E-state index in [4.69, 9.17) is 23.8 Å². The van der Waals surface area contributed by atoms with Gasteiger partial charge in [-0.2, -0.15) is 0 Å². The Morgan fingerprint density at radius 3 is 2.67 bits per heavy atom. The minimum Gasteiger partial charge on any atom is -0.378 e. The number of thiocarbonyl (C=S) groups is 1. The topological polar surface area (TPSA) is 12.0 Å². The fourth-order valence-electron chi connectivity index (χ4n) is 3.07. The normalized spacial score (nSPS) is 19.5. The summed E-state index contributed by atoms with van der Waals surface area (Å²) in [5.41, 5.74) is 4.98. The Balaban J connectivity index is 2.07. The second-order valence-corrected chi connectivity index (χ2v) is 6.95. The van der Waals surface area contributed by atoms with Crippen LogP contribution in [0.25, 0.3) is 11.1 Å². The maximum atomic E-state index is 6.10. The van der Waals surface area contributed by atoms with Gasteiger partial charge in [0.25, 0.3) is 0 Å². The zero-order valence-electron chi connectivity index (χ0n) is 12.2. The molecule has 21 heavy (non-hydrogen) atoms. The van der Waals surface area contributed by atoms with Crippen LogP contribution >= 0.6 is 23.8 Å². The molecule has 0 saturated carbocycles. The Morgan fingerprint density at radius 2 is 1.95 bits per heavy atom. The van der Waals surface area contributed by atoms with Gasteiger partial charge >= 0.3 is 0 Å². The Bertz CT molecular complexity index is 693. The molecule has 3 heteroatoms. The van der Waals surface area contributed by atoms with Crippen LogP contribution < -0.4 is 5.32 Å². The predicted molar refractivity (Wildman–Crippen MR) is 95.6 cm³/mol. The van der Waals surface area contributed by atoms with Gasteiger partial charge in [0.05, 0.1) is 6.04 Å².